The molecule has 1 amide bonds. The number of carbonyl (C=O) groups is 1. The molecule has 2 rings (SSSR count). The van der Waals surface area contributed by atoms with Gasteiger partial charge in [-0.2, -0.15) is 0 Å². The third-order valence-corrected chi connectivity index (χ3v) is 6.15. The fraction of sp³-hybridized carbons (Fsp3) is 0.615. The van der Waals surface area contributed by atoms with Crippen LogP contribution in [0.25, 0.3) is 0 Å². The van der Waals surface area contributed by atoms with E-state index in [-0.39, 0.29) is 11.9 Å². The quantitative estimate of drug-likeness (QED) is 0.616. The van der Waals surface area contributed by atoms with Crippen molar-refractivity contribution in [3.05, 3.63) is 20.8 Å². The SMILES string of the molecule is Cc1csc(C(=O)NC2CCCCCC2Br)c1Cl. The second kappa shape index (κ2) is 6.40. The lowest BCUT2D eigenvalue weighted by atomic mass is 10.1. The van der Waals surface area contributed by atoms with Crippen molar-refractivity contribution in [1.82, 2.24) is 5.32 Å². The summed E-state index contributed by atoms with van der Waals surface area (Å²) in [6, 6.07) is 0.221. The average molecular weight is 351 g/mol. The molecule has 2 unspecified atom stereocenters. The van der Waals surface area contributed by atoms with Gasteiger partial charge >= 0.3 is 0 Å². The maximum atomic E-state index is 12.2. The number of amides is 1. The molecule has 2 nitrogen and oxygen atoms in total. The van der Waals surface area contributed by atoms with Crippen molar-refractivity contribution in [2.24, 2.45) is 0 Å². The lowest BCUT2D eigenvalue weighted by Crippen LogP contribution is -2.40. The zero-order valence-electron chi connectivity index (χ0n) is 10.3. The number of hydrogen-bond donors (Lipinski definition) is 1. The first kappa shape index (κ1) is 14.4. The maximum Gasteiger partial charge on any atom is 0.263 e. The summed E-state index contributed by atoms with van der Waals surface area (Å²) in [7, 11) is 0. The molecule has 1 aliphatic carbocycles. The Kier molecular flexibility index (Phi) is 5.10. The molecule has 1 saturated carbocycles. The molecule has 1 aliphatic rings. The number of carbonyl (C=O) groups excluding carboxylic acids is 1. The van der Waals surface area contributed by atoms with Gasteiger partial charge in [0.1, 0.15) is 4.88 Å². The van der Waals surface area contributed by atoms with Crippen LogP contribution in [0.2, 0.25) is 5.02 Å². The van der Waals surface area contributed by atoms with Crippen molar-refractivity contribution >= 4 is 44.8 Å². The van der Waals surface area contributed by atoms with Gasteiger partial charge in [0.2, 0.25) is 0 Å². The van der Waals surface area contributed by atoms with E-state index in [1.807, 2.05) is 12.3 Å². The van der Waals surface area contributed by atoms with E-state index in [9.17, 15) is 4.79 Å². The summed E-state index contributed by atoms with van der Waals surface area (Å²) in [6.07, 6.45) is 5.85. The van der Waals surface area contributed by atoms with Gasteiger partial charge < -0.3 is 5.32 Å². The Balaban J connectivity index is 2.04. The van der Waals surface area contributed by atoms with Gasteiger partial charge in [-0.3, -0.25) is 4.79 Å². The van der Waals surface area contributed by atoms with E-state index >= 15 is 0 Å². The first-order valence-electron chi connectivity index (χ1n) is 6.28. The molecule has 18 heavy (non-hydrogen) atoms. The highest BCUT2D eigenvalue weighted by atomic mass is 79.9. The fourth-order valence-corrected chi connectivity index (χ4v) is 4.14. The fourth-order valence-electron chi connectivity index (χ4n) is 2.24. The average Bonchev–Trinajstić information content (AvgIpc) is 2.55. The molecular weight excluding hydrogens is 334 g/mol. The highest BCUT2D eigenvalue weighted by molar-refractivity contribution is 9.09. The zero-order chi connectivity index (χ0) is 13.1. The van der Waals surface area contributed by atoms with Gasteiger partial charge in [-0.05, 0) is 30.7 Å². The van der Waals surface area contributed by atoms with Crippen LogP contribution in [0.1, 0.15) is 47.3 Å². The molecular formula is C13H17BrClNOS. The number of hydrogen-bond acceptors (Lipinski definition) is 2. The Hall–Kier alpha value is -0.0600. The normalized spacial score (nSPS) is 24.6. The van der Waals surface area contributed by atoms with Gasteiger partial charge in [0.05, 0.1) is 5.02 Å². The molecule has 1 aromatic rings. The monoisotopic (exact) mass is 349 g/mol. The first-order chi connectivity index (χ1) is 8.59. The molecule has 0 aromatic carbocycles. The van der Waals surface area contributed by atoms with E-state index in [4.69, 9.17) is 11.6 Å². The van der Waals surface area contributed by atoms with Gasteiger partial charge in [0.25, 0.3) is 5.91 Å². The minimum Gasteiger partial charge on any atom is -0.347 e. The zero-order valence-corrected chi connectivity index (χ0v) is 13.5. The Morgan fingerprint density at radius 2 is 2.17 bits per heavy atom. The number of rotatable bonds is 2. The van der Waals surface area contributed by atoms with Crippen LogP contribution in [0.15, 0.2) is 5.38 Å². The number of halogens is 2. The van der Waals surface area contributed by atoms with Crippen molar-refractivity contribution in [1.29, 1.82) is 0 Å². The summed E-state index contributed by atoms with van der Waals surface area (Å²) in [4.78, 5) is 13.2. The molecule has 1 heterocycles. The van der Waals surface area contributed by atoms with Crippen LogP contribution >= 0.6 is 38.9 Å². The van der Waals surface area contributed by atoms with E-state index in [2.05, 4.69) is 21.2 Å². The van der Waals surface area contributed by atoms with Crippen molar-refractivity contribution in [2.45, 2.75) is 49.9 Å². The van der Waals surface area contributed by atoms with E-state index in [1.54, 1.807) is 0 Å². The number of alkyl halides is 1. The van der Waals surface area contributed by atoms with Crippen molar-refractivity contribution < 1.29 is 4.79 Å². The van der Waals surface area contributed by atoms with E-state index < -0.39 is 0 Å². The number of aryl methyl sites for hydroxylation is 1. The molecule has 0 bridgehead atoms. The summed E-state index contributed by atoms with van der Waals surface area (Å²) in [6.45, 7) is 1.93. The Morgan fingerprint density at radius 3 is 2.83 bits per heavy atom. The Bertz CT molecular complexity index is 435. The van der Waals surface area contributed by atoms with Gasteiger partial charge in [0.15, 0.2) is 0 Å². The predicted molar refractivity (Wildman–Crippen MR) is 81.1 cm³/mol. The molecule has 1 aromatic heterocycles. The number of thiophene rings is 1. The molecule has 0 aliphatic heterocycles. The second-order valence-electron chi connectivity index (χ2n) is 4.80. The van der Waals surface area contributed by atoms with E-state index in [0.29, 0.717) is 14.7 Å². The summed E-state index contributed by atoms with van der Waals surface area (Å²) in [5.41, 5.74) is 0.975. The van der Waals surface area contributed by atoms with Crippen LogP contribution in [0.4, 0.5) is 0 Å². The van der Waals surface area contributed by atoms with Crippen LogP contribution in [0, 0.1) is 6.92 Å². The number of nitrogens with one attached hydrogen (secondary N) is 1. The largest absolute Gasteiger partial charge is 0.347 e. The first-order valence-corrected chi connectivity index (χ1v) is 8.45. The minimum atomic E-state index is -0.0329. The lowest BCUT2D eigenvalue weighted by molar-refractivity contribution is 0.0939. The Labute approximate surface area is 125 Å². The van der Waals surface area contributed by atoms with Crippen LogP contribution in [0.3, 0.4) is 0 Å². The molecule has 2 atom stereocenters. The standard InChI is InChI=1S/C13H17BrClNOS/c1-8-7-18-12(11(8)15)13(17)16-10-6-4-2-3-5-9(10)14/h7,9-10H,2-6H2,1H3,(H,16,17). The van der Waals surface area contributed by atoms with E-state index in [1.165, 1.54) is 30.6 Å². The van der Waals surface area contributed by atoms with Gasteiger partial charge in [-0.15, -0.1) is 11.3 Å². The molecule has 0 radical (unpaired) electrons. The lowest BCUT2D eigenvalue weighted by Gasteiger charge is -2.21. The highest BCUT2D eigenvalue weighted by Crippen LogP contribution is 2.28. The summed E-state index contributed by atoms with van der Waals surface area (Å²) in [5, 5.41) is 5.64. The van der Waals surface area contributed by atoms with Gasteiger partial charge in [-0.25, -0.2) is 0 Å². The molecule has 5 heteroatoms. The van der Waals surface area contributed by atoms with Crippen molar-refractivity contribution in [3.63, 3.8) is 0 Å². The van der Waals surface area contributed by atoms with Crippen LogP contribution in [-0.2, 0) is 0 Å². The Morgan fingerprint density at radius 1 is 1.44 bits per heavy atom. The topological polar surface area (TPSA) is 29.1 Å². The van der Waals surface area contributed by atoms with Crippen LogP contribution < -0.4 is 5.32 Å². The highest BCUT2D eigenvalue weighted by Gasteiger charge is 2.24. The molecule has 100 valence electrons. The van der Waals surface area contributed by atoms with Gasteiger partial charge in [-0.1, -0.05) is 46.8 Å². The summed E-state index contributed by atoms with van der Waals surface area (Å²) in [5.74, 6) is -0.0329. The van der Waals surface area contributed by atoms with Crippen molar-refractivity contribution in [2.75, 3.05) is 0 Å². The molecule has 0 saturated heterocycles. The predicted octanol–water partition coefficient (Wildman–Crippen LogP) is 4.54. The molecule has 0 spiro atoms. The van der Waals surface area contributed by atoms with Crippen LogP contribution in [-0.4, -0.2) is 16.8 Å². The summed E-state index contributed by atoms with van der Waals surface area (Å²) >= 11 is 11.2. The van der Waals surface area contributed by atoms with E-state index in [0.717, 1.165) is 18.4 Å². The minimum absolute atomic E-state index is 0.0329. The third-order valence-electron chi connectivity index (χ3n) is 3.35. The molecule has 1 N–H and O–H groups in total. The molecule has 1 fully saturated rings. The maximum absolute atomic E-state index is 12.2. The summed E-state index contributed by atoms with van der Waals surface area (Å²) < 4.78 is 0. The second-order valence-corrected chi connectivity index (χ2v) is 7.23. The third kappa shape index (κ3) is 3.28. The van der Waals surface area contributed by atoms with Crippen LogP contribution in [0.5, 0.6) is 0 Å². The van der Waals surface area contributed by atoms with Gasteiger partial charge in [0, 0.05) is 10.9 Å². The van der Waals surface area contributed by atoms with Crippen molar-refractivity contribution in [3.8, 4) is 0 Å². The smallest absolute Gasteiger partial charge is 0.263 e.